The Morgan fingerprint density at radius 1 is 0.905 bits per heavy atom. The van der Waals surface area contributed by atoms with Crippen LogP contribution in [-0.4, -0.2) is 29.4 Å². The minimum absolute atomic E-state index is 0. The third kappa shape index (κ3) is 15.5. The van der Waals surface area contributed by atoms with E-state index in [0.717, 1.165) is 51.4 Å². The zero-order valence-electron chi connectivity index (χ0n) is 14.0. The second kappa shape index (κ2) is 14.5. The summed E-state index contributed by atoms with van der Waals surface area (Å²) >= 11 is 0. The van der Waals surface area contributed by atoms with Crippen molar-refractivity contribution in [1.29, 1.82) is 0 Å². The molecular formula is C15H31NaO4S. The quantitative estimate of drug-likeness (QED) is 0.305. The molecule has 21 heavy (non-hydrogen) atoms. The molecule has 0 saturated carbocycles. The summed E-state index contributed by atoms with van der Waals surface area (Å²) in [6.07, 6.45) is 9.25. The minimum Gasteiger partial charge on any atom is -0.748 e. The number of hydrogen-bond donors (Lipinski definition) is 1. The normalized spacial score (nSPS) is 14.5. The van der Waals surface area contributed by atoms with E-state index in [-0.39, 0.29) is 35.7 Å². The van der Waals surface area contributed by atoms with Gasteiger partial charge in [-0.25, -0.2) is 8.42 Å². The second-order valence-electron chi connectivity index (χ2n) is 5.80. The molecule has 0 radical (unpaired) electrons. The van der Waals surface area contributed by atoms with Gasteiger partial charge in [0, 0.05) is 5.25 Å². The van der Waals surface area contributed by atoms with Crippen LogP contribution in [0.1, 0.15) is 84.5 Å². The van der Waals surface area contributed by atoms with Crippen LogP contribution in [0.3, 0.4) is 0 Å². The van der Waals surface area contributed by atoms with Crippen LogP contribution in [0.5, 0.6) is 0 Å². The summed E-state index contributed by atoms with van der Waals surface area (Å²) in [5, 5.41) is 8.42. The van der Waals surface area contributed by atoms with Gasteiger partial charge < -0.3 is 9.66 Å². The summed E-state index contributed by atoms with van der Waals surface area (Å²) in [4.78, 5) is 0. The van der Waals surface area contributed by atoms with Crippen molar-refractivity contribution >= 4 is 10.1 Å². The largest absolute Gasteiger partial charge is 1.00 e. The summed E-state index contributed by atoms with van der Waals surface area (Å²) < 4.78 is 33.7. The first kappa shape index (κ1) is 24.1. The minimum atomic E-state index is -4.16. The molecule has 0 aliphatic heterocycles. The van der Waals surface area contributed by atoms with Gasteiger partial charge in [-0.1, -0.05) is 58.3 Å². The van der Waals surface area contributed by atoms with Gasteiger partial charge in [0.05, 0.1) is 16.2 Å². The SMILES string of the molecule is CCCCCCCC(CCCCCC(C)O)S(=O)(=O)[O-].[Na+]. The van der Waals surface area contributed by atoms with Crippen LogP contribution in [0.15, 0.2) is 0 Å². The summed E-state index contributed by atoms with van der Waals surface area (Å²) in [6.45, 7) is 3.89. The monoisotopic (exact) mass is 330 g/mol. The average molecular weight is 330 g/mol. The van der Waals surface area contributed by atoms with Crippen LogP contribution < -0.4 is 29.6 Å². The zero-order valence-corrected chi connectivity index (χ0v) is 16.8. The van der Waals surface area contributed by atoms with Crippen LogP contribution >= 0.6 is 0 Å². The maximum Gasteiger partial charge on any atom is 1.00 e. The van der Waals surface area contributed by atoms with E-state index >= 15 is 0 Å². The Labute approximate surface area is 153 Å². The third-order valence-electron chi connectivity index (χ3n) is 3.69. The molecule has 2 unspecified atom stereocenters. The Morgan fingerprint density at radius 3 is 1.76 bits per heavy atom. The first-order valence-corrected chi connectivity index (χ1v) is 9.47. The van der Waals surface area contributed by atoms with Gasteiger partial charge in [0.2, 0.25) is 0 Å². The molecule has 0 aromatic rings. The van der Waals surface area contributed by atoms with E-state index < -0.39 is 15.4 Å². The van der Waals surface area contributed by atoms with Crippen LogP contribution in [-0.2, 0) is 10.1 Å². The van der Waals surface area contributed by atoms with Gasteiger partial charge in [0.25, 0.3) is 0 Å². The molecule has 0 bridgehead atoms. The Balaban J connectivity index is 0. The van der Waals surface area contributed by atoms with Crippen LogP contribution in [0.4, 0.5) is 0 Å². The van der Waals surface area contributed by atoms with E-state index in [1.807, 2.05) is 0 Å². The van der Waals surface area contributed by atoms with Crippen molar-refractivity contribution in [2.45, 2.75) is 95.8 Å². The third-order valence-corrected chi connectivity index (χ3v) is 4.97. The Morgan fingerprint density at radius 2 is 1.33 bits per heavy atom. The zero-order chi connectivity index (χ0) is 15.4. The number of aliphatic hydroxyl groups excluding tert-OH is 1. The Hall–Kier alpha value is 0.870. The Kier molecular flexibility index (Phi) is 16.6. The summed E-state index contributed by atoms with van der Waals surface area (Å²) in [6, 6.07) is 0. The fourth-order valence-corrected chi connectivity index (χ4v) is 3.31. The van der Waals surface area contributed by atoms with E-state index in [0.29, 0.717) is 12.8 Å². The molecule has 0 aromatic heterocycles. The van der Waals surface area contributed by atoms with Gasteiger partial charge in [0.15, 0.2) is 0 Å². The fraction of sp³-hybridized carbons (Fsp3) is 1.00. The van der Waals surface area contributed by atoms with Crippen molar-refractivity contribution in [1.82, 2.24) is 0 Å². The predicted molar refractivity (Wildman–Crippen MR) is 81.6 cm³/mol. The first-order chi connectivity index (χ1) is 9.38. The van der Waals surface area contributed by atoms with Crippen LogP contribution in [0, 0.1) is 0 Å². The number of hydrogen-bond acceptors (Lipinski definition) is 4. The maximum atomic E-state index is 11.2. The van der Waals surface area contributed by atoms with E-state index in [2.05, 4.69) is 6.92 Å². The molecule has 0 spiro atoms. The summed E-state index contributed by atoms with van der Waals surface area (Å²) in [5.41, 5.74) is 0. The molecule has 0 amide bonds. The van der Waals surface area contributed by atoms with Crippen molar-refractivity contribution in [3.05, 3.63) is 0 Å². The molecule has 0 aliphatic rings. The van der Waals surface area contributed by atoms with Crippen LogP contribution in [0.25, 0.3) is 0 Å². The maximum absolute atomic E-state index is 11.2. The fourth-order valence-electron chi connectivity index (χ4n) is 2.40. The van der Waals surface area contributed by atoms with Crippen molar-refractivity contribution in [2.75, 3.05) is 0 Å². The molecule has 0 heterocycles. The molecule has 0 saturated heterocycles. The number of unbranched alkanes of at least 4 members (excludes halogenated alkanes) is 6. The average Bonchev–Trinajstić information content (AvgIpc) is 2.33. The van der Waals surface area contributed by atoms with E-state index in [9.17, 15) is 13.0 Å². The van der Waals surface area contributed by atoms with Gasteiger partial charge in [-0.05, 0) is 26.2 Å². The van der Waals surface area contributed by atoms with Gasteiger partial charge >= 0.3 is 29.6 Å². The van der Waals surface area contributed by atoms with Gasteiger partial charge in [-0.2, -0.15) is 0 Å². The molecular weight excluding hydrogens is 299 g/mol. The standard InChI is InChI=1S/C15H32O4S.Na/c1-3-4-5-6-9-12-15(20(17,18)19)13-10-7-8-11-14(2)16;/h14-16H,3-13H2,1-2H3,(H,17,18,19);/q;+1/p-1. The van der Waals surface area contributed by atoms with E-state index in [4.69, 9.17) is 5.11 Å². The Bertz CT molecular complexity index is 318. The van der Waals surface area contributed by atoms with E-state index in [1.165, 1.54) is 6.42 Å². The van der Waals surface area contributed by atoms with Crippen molar-refractivity contribution in [2.24, 2.45) is 0 Å². The van der Waals surface area contributed by atoms with Gasteiger partial charge in [-0.3, -0.25) is 0 Å². The van der Waals surface area contributed by atoms with Crippen LogP contribution in [0.2, 0.25) is 0 Å². The molecule has 122 valence electrons. The molecule has 2 atom stereocenters. The molecule has 0 fully saturated rings. The molecule has 4 nitrogen and oxygen atoms in total. The topological polar surface area (TPSA) is 77.4 Å². The number of rotatable bonds is 13. The second-order valence-corrected chi connectivity index (χ2v) is 7.46. The smallest absolute Gasteiger partial charge is 0.748 e. The first-order valence-electron chi connectivity index (χ1n) is 8.00. The van der Waals surface area contributed by atoms with E-state index in [1.54, 1.807) is 6.92 Å². The molecule has 6 heteroatoms. The van der Waals surface area contributed by atoms with Crippen molar-refractivity contribution < 1.29 is 47.6 Å². The molecule has 0 aromatic carbocycles. The van der Waals surface area contributed by atoms with Gasteiger partial charge in [-0.15, -0.1) is 0 Å². The van der Waals surface area contributed by atoms with Crippen molar-refractivity contribution in [3.63, 3.8) is 0 Å². The predicted octanol–water partition coefficient (Wildman–Crippen LogP) is 0.596. The molecule has 0 rings (SSSR count). The van der Waals surface area contributed by atoms with Crippen molar-refractivity contribution in [3.8, 4) is 0 Å². The number of aliphatic hydroxyl groups is 1. The molecule has 0 aliphatic carbocycles. The summed E-state index contributed by atoms with van der Waals surface area (Å²) in [7, 11) is -4.16. The molecule has 1 N–H and O–H groups in total. The summed E-state index contributed by atoms with van der Waals surface area (Å²) in [5.74, 6) is 0. The van der Waals surface area contributed by atoms with Gasteiger partial charge in [0.1, 0.15) is 0 Å².